The lowest BCUT2D eigenvalue weighted by Crippen LogP contribution is -2.13. The second-order valence-electron chi connectivity index (χ2n) is 17.6. The minimum atomic E-state index is -0.577. The van der Waals surface area contributed by atoms with Crippen molar-refractivity contribution < 1.29 is 19.8 Å². The lowest BCUT2D eigenvalue weighted by atomic mass is 9.94. The number of rotatable bonds is 45. The van der Waals surface area contributed by atoms with Crippen LogP contribution in [-0.4, -0.2) is 22.2 Å². The monoisotopic (exact) mass is 779 g/mol. The molecule has 0 fully saturated rings. The van der Waals surface area contributed by atoms with E-state index in [0.717, 1.165) is 51.4 Å². The highest BCUT2D eigenvalue weighted by molar-refractivity contribution is 5.70. The topological polar surface area (TPSA) is 74.6 Å². The van der Waals surface area contributed by atoms with Crippen LogP contribution in [0.25, 0.3) is 0 Å². The first-order valence-electron chi connectivity index (χ1n) is 25.4. The number of hydrogen-bond donors (Lipinski definition) is 2. The van der Waals surface area contributed by atoms with Gasteiger partial charge in [0.05, 0.1) is 11.8 Å². The molecule has 0 heterocycles. The summed E-state index contributed by atoms with van der Waals surface area (Å²) in [6.07, 6.45) is 55.6. The summed E-state index contributed by atoms with van der Waals surface area (Å²) in [6, 6.07) is 0. The molecular weight excluding hydrogens is 677 g/mol. The fourth-order valence-corrected chi connectivity index (χ4v) is 8.12. The van der Waals surface area contributed by atoms with Crippen molar-refractivity contribution in [2.24, 2.45) is 11.8 Å². The Morgan fingerprint density at radius 2 is 0.382 bits per heavy atom. The van der Waals surface area contributed by atoms with E-state index in [1.54, 1.807) is 0 Å². The molecule has 4 heteroatoms. The van der Waals surface area contributed by atoms with Gasteiger partial charge in [-0.1, -0.05) is 278 Å². The minimum absolute atomic E-state index is 0.0940. The van der Waals surface area contributed by atoms with Crippen LogP contribution in [0.15, 0.2) is 0 Å². The van der Waals surface area contributed by atoms with Gasteiger partial charge < -0.3 is 10.2 Å². The molecule has 0 saturated carbocycles. The van der Waals surface area contributed by atoms with Crippen molar-refractivity contribution >= 4 is 11.9 Å². The van der Waals surface area contributed by atoms with E-state index in [4.69, 9.17) is 0 Å². The lowest BCUT2D eigenvalue weighted by molar-refractivity contribution is -0.143. The summed E-state index contributed by atoms with van der Waals surface area (Å²) in [4.78, 5) is 22.6. The average molecular weight is 779 g/mol. The van der Waals surface area contributed by atoms with E-state index in [0.29, 0.717) is 0 Å². The van der Waals surface area contributed by atoms with Gasteiger partial charge in [-0.05, 0) is 25.7 Å². The summed E-state index contributed by atoms with van der Waals surface area (Å²) in [7, 11) is 0. The second-order valence-corrected chi connectivity index (χ2v) is 17.6. The van der Waals surface area contributed by atoms with E-state index in [9.17, 15) is 19.8 Å². The first-order chi connectivity index (χ1) is 26.9. The van der Waals surface area contributed by atoms with Gasteiger partial charge >= 0.3 is 11.9 Å². The molecule has 0 aromatic heterocycles. The number of carbonyl (C=O) groups is 2. The van der Waals surface area contributed by atoms with E-state index in [1.165, 1.54) is 225 Å². The van der Waals surface area contributed by atoms with E-state index in [-0.39, 0.29) is 11.8 Å². The molecule has 4 nitrogen and oxygen atoms in total. The summed E-state index contributed by atoms with van der Waals surface area (Å²) in [5.74, 6) is -1.34. The third-order valence-corrected chi connectivity index (χ3v) is 12.1. The van der Waals surface area contributed by atoms with Crippen LogP contribution < -0.4 is 0 Å². The van der Waals surface area contributed by atoms with Crippen molar-refractivity contribution in [3.63, 3.8) is 0 Å². The molecule has 0 aliphatic heterocycles. The van der Waals surface area contributed by atoms with Crippen molar-refractivity contribution in [2.75, 3.05) is 0 Å². The van der Waals surface area contributed by atoms with E-state index < -0.39 is 11.9 Å². The molecule has 0 spiro atoms. The van der Waals surface area contributed by atoms with Gasteiger partial charge in [0.2, 0.25) is 0 Å². The quantitative estimate of drug-likeness (QED) is 0.0604. The predicted octanol–water partition coefficient (Wildman–Crippen LogP) is 18.2. The molecule has 330 valence electrons. The Bertz CT molecular complexity index is 736. The van der Waals surface area contributed by atoms with Gasteiger partial charge in [-0.15, -0.1) is 0 Å². The average Bonchev–Trinajstić information content (AvgIpc) is 3.17. The summed E-state index contributed by atoms with van der Waals surface area (Å²) in [6.45, 7) is 8.94. The molecule has 0 aliphatic carbocycles. The number of unbranched alkanes of at least 4 members (excludes halogenated alkanes) is 35. The van der Waals surface area contributed by atoms with Crippen molar-refractivity contribution in [1.29, 1.82) is 0 Å². The minimum Gasteiger partial charge on any atom is -0.481 e. The highest BCUT2D eigenvalue weighted by Crippen LogP contribution is 2.21. The van der Waals surface area contributed by atoms with Crippen molar-refractivity contribution in [3.8, 4) is 0 Å². The van der Waals surface area contributed by atoms with Gasteiger partial charge in [0.15, 0.2) is 0 Å². The highest BCUT2D eigenvalue weighted by atomic mass is 16.4. The summed E-state index contributed by atoms with van der Waals surface area (Å²) >= 11 is 0. The van der Waals surface area contributed by atoms with Gasteiger partial charge in [0.1, 0.15) is 0 Å². The Morgan fingerprint density at radius 1 is 0.255 bits per heavy atom. The smallest absolute Gasteiger partial charge is 0.306 e. The Hall–Kier alpha value is -1.06. The molecule has 0 amide bonds. The van der Waals surface area contributed by atoms with Crippen LogP contribution in [0, 0.1) is 11.8 Å². The fourth-order valence-electron chi connectivity index (χ4n) is 8.12. The van der Waals surface area contributed by atoms with Crippen LogP contribution in [0.3, 0.4) is 0 Å². The molecule has 0 aromatic rings. The predicted molar refractivity (Wildman–Crippen MR) is 243 cm³/mol. The standard InChI is InChI=1S/C26H52O2.C25H50O2/c1-3-5-7-9-10-11-12-13-14-15-16-17-18-19-20-22-24-25(26(27)28)23-21-8-6-4-2;1-3-5-7-8-9-10-11-12-13-14-15-16-17-18-19-21-23-24(25(26)27)22-20-6-4-2/h25H,3-24H2,1-2H3,(H,27,28);24H,3-23H2,1-2H3,(H,26,27). The molecule has 2 N–H and O–H groups in total. The summed E-state index contributed by atoms with van der Waals surface area (Å²) in [5, 5.41) is 18.7. The molecule has 0 aliphatic rings. The zero-order valence-electron chi connectivity index (χ0n) is 38.3. The summed E-state index contributed by atoms with van der Waals surface area (Å²) in [5.41, 5.74) is 0. The van der Waals surface area contributed by atoms with E-state index >= 15 is 0 Å². The normalized spacial score (nSPS) is 12.4. The van der Waals surface area contributed by atoms with Gasteiger partial charge in [0.25, 0.3) is 0 Å². The van der Waals surface area contributed by atoms with Gasteiger partial charge in [0, 0.05) is 0 Å². The van der Waals surface area contributed by atoms with Crippen LogP contribution in [-0.2, 0) is 9.59 Å². The Morgan fingerprint density at radius 3 is 0.564 bits per heavy atom. The van der Waals surface area contributed by atoms with E-state index in [2.05, 4.69) is 27.7 Å². The Balaban J connectivity index is 0. The first kappa shape index (κ1) is 56.0. The maximum atomic E-state index is 11.4. The number of carboxylic acid groups (broad SMARTS) is 2. The fraction of sp³-hybridized carbons (Fsp3) is 0.961. The van der Waals surface area contributed by atoms with E-state index in [1.807, 2.05) is 0 Å². The first-order valence-corrected chi connectivity index (χ1v) is 25.4. The second kappa shape index (κ2) is 49.1. The van der Waals surface area contributed by atoms with Crippen LogP contribution >= 0.6 is 0 Å². The van der Waals surface area contributed by atoms with Crippen LogP contribution in [0.2, 0.25) is 0 Å². The lowest BCUT2D eigenvalue weighted by Gasteiger charge is -2.12. The third-order valence-electron chi connectivity index (χ3n) is 12.1. The molecule has 0 radical (unpaired) electrons. The zero-order valence-corrected chi connectivity index (χ0v) is 38.3. The van der Waals surface area contributed by atoms with Crippen LogP contribution in [0.4, 0.5) is 0 Å². The van der Waals surface area contributed by atoms with Gasteiger partial charge in [-0.25, -0.2) is 0 Å². The molecule has 0 aromatic carbocycles. The number of carboxylic acids is 2. The maximum absolute atomic E-state index is 11.4. The zero-order chi connectivity index (χ0) is 40.7. The summed E-state index contributed by atoms with van der Waals surface area (Å²) < 4.78 is 0. The molecular formula is C51H102O4. The van der Waals surface area contributed by atoms with Gasteiger partial charge in [-0.3, -0.25) is 9.59 Å². The van der Waals surface area contributed by atoms with Crippen molar-refractivity contribution in [1.82, 2.24) is 0 Å². The van der Waals surface area contributed by atoms with Crippen LogP contribution in [0.5, 0.6) is 0 Å². The molecule has 0 rings (SSSR count). The molecule has 2 atom stereocenters. The highest BCUT2D eigenvalue weighted by Gasteiger charge is 2.17. The molecule has 0 saturated heterocycles. The Labute approximate surface area is 346 Å². The Kier molecular flexibility index (Phi) is 50.0. The third kappa shape index (κ3) is 47.2. The largest absolute Gasteiger partial charge is 0.481 e. The van der Waals surface area contributed by atoms with Crippen molar-refractivity contribution in [3.05, 3.63) is 0 Å². The van der Waals surface area contributed by atoms with Crippen molar-refractivity contribution in [2.45, 2.75) is 304 Å². The SMILES string of the molecule is CCCCCCCCCCCCCCCCCCC(CCCCC)C(=O)O.CCCCCCCCCCCCCCCCCCC(CCCCCC)C(=O)O. The number of aliphatic carboxylic acids is 2. The molecule has 2 unspecified atom stereocenters. The molecule has 0 bridgehead atoms. The molecule has 55 heavy (non-hydrogen) atoms. The van der Waals surface area contributed by atoms with Crippen LogP contribution in [0.1, 0.15) is 304 Å². The van der Waals surface area contributed by atoms with Gasteiger partial charge in [-0.2, -0.15) is 0 Å². The number of hydrogen-bond acceptors (Lipinski definition) is 2. The maximum Gasteiger partial charge on any atom is 0.306 e.